The van der Waals surface area contributed by atoms with Crippen LogP contribution < -0.4 is 5.32 Å². The molecule has 1 N–H and O–H groups in total. The van der Waals surface area contributed by atoms with Gasteiger partial charge in [0.1, 0.15) is 5.01 Å². The molecule has 0 amide bonds. The molecule has 108 valence electrons. The van der Waals surface area contributed by atoms with Crippen LogP contribution in [0, 0.1) is 5.41 Å². The smallest absolute Gasteiger partial charge is 0.103 e. The number of rotatable bonds is 3. The summed E-state index contributed by atoms with van der Waals surface area (Å²) in [6.07, 6.45) is 2.34. The Morgan fingerprint density at radius 1 is 1.42 bits per heavy atom. The molecule has 2 rings (SSSR count). The van der Waals surface area contributed by atoms with Crippen molar-refractivity contribution in [3.8, 4) is 0 Å². The molecule has 1 aliphatic carbocycles. The highest BCUT2D eigenvalue weighted by Crippen LogP contribution is 2.43. The van der Waals surface area contributed by atoms with E-state index < -0.39 is 0 Å². The van der Waals surface area contributed by atoms with E-state index in [1.807, 2.05) is 23.1 Å². The standard InChI is InChI=1S/C15H26N2S2/c1-14(2,3)18-9-12-17-11-8-15(4,5)7-10(16-6)13(11)19-12/h10,16H,7-9H2,1-6H3. The van der Waals surface area contributed by atoms with E-state index in [4.69, 9.17) is 4.98 Å². The van der Waals surface area contributed by atoms with Crippen LogP contribution in [0.15, 0.2) is 0 Å². The number of fused-ring (bicyclic) bond motifs is 1. The van der Waals surface area contributed by atoms with Crippen molar-refractivity contribution in [1.29, 1.82) is 0 Å². The number of nitrogens with one attached hydrogen (secondary N) is 1. The van der Waals surface area contributed by atoms with Gasteiger partial charge in [0.25, 0.3) is 0 Å². The summed E-state index contributed by atoms with van der Waals surface area (Å²) in [5.41, 5.74) is 1.70. The van der Waals surface area contributed by atoms with Gasteiger partial charge in [-0.2, -0.15) is 0 Å². The first-order valence-electron chi connectivity index (χ1n) is 7.00. The third-order valence-electron chi connectivity index (χ3n) is 3.47. The molecule has 1 aliphatic rings. The summed E-state index contributed by atoms with van der Waals surface area (Å²) in [5.74, 6) is 1.04. The van der Waals surface area contributed by atoms with Crippen molar-refractivity contribution in [2.24, 2.45) is 5.41 Å². The fourth-order valence-electron chi connectivity index (χ4n) is 2.56. The Hall–Kier alpha value is -0.0600. The minimum atomic E-state index is 0.313. The molecule has 0 saturated carbocycles. The molecule has 2 nitrogen and oxygen atoms in total. The van der Waals surface area contributed by atoms with E-state index >= 15 is 0 Å². The first kappa shape index (κ1) is 15.3. The molecular weight excluding hydrogens is 272 g/mol. The van der Waals surface area contributed by atoms with Gasteiger partial charge in [0, 0.05) is 21.4 Å². The van der Waals surface area contributed by atoms with Crippen LogP contribution in [0.1, 0.15) is 62.7 Å². The lowest BCUT2D eigenvalue weighted by atomic mass is 9.76. The van der Waals surface area contributed by atoms with Crippen LogP contribution in [0.5, 0.6) is 0 Å². The van der Waals surface area contributed by atoms with E-state index in [2.05, 4.69) is 47.0 Å². The van der Waals surface area contributed by atoms with Gasteiger partial charge in [-0.1, -0.05) is 34.6 Å². The van der Waals surface area contributed by atoms with Crippen molar-refractivity contribution in [1.82, 2.24) is 10.3 Å². The zero-order valence-corrected chi connectivity index (χ0v) is 14.6. The second-order valence-electron chi connectivity index (χ2n) is 7.21. The van der Waals surface area contributed by atoms with Gasteiger partial charge in [-0.15, -0.1) is 23.1 Å². The lowest BCUT2D eigenvalue weighted by Crippen LogP contribution is -2.30. The van der Waals surface area contributed by atoms with Gasteiger partial charge in [0.2, 0.25) is 0 Å². The minimum Gasteiger partial charge on any atom is -0.312 e. The monoisotopic (exact) mass is 298 g/mol. The van der Waals surface area contributed by atoms with Crippen LogP contribution in [0.4, 0.5) is 0 Å². The lowest BCUT2D eigenvalue weighted by molar-refractivity contribution is 0.265. The van der Waals surface area contributed by atoms with Crippen molar-refractivity contribution in [2.75, 3.05) is 7.05 Å². The molecule has 0 radical (unpaired) electrons. The Balaban J connectivity index is 2.17. The molecular formula is C15H26N2S2. The molecule has 1 heterocycles. The van der Waals surface area contributed by atoms with E-state index in [1.54, 1.807) is 0 Å². The van der Waals surface area contributed by atoms with Crippen LogP contribution >= 0.6 is 23.1 Å². The summed E-state index contributed by atoms with van der Waals surface area (Å²) in [7, 11) is 2.07. The Morgan fingerprint density at radius 2 is 2.11 bits per heavy atom. The van der Waals surface area contributed by atoms with Crippen molar-refractivity contribution < 1.29 is 0 Å². The average molecular weight is 299 g/mol. The first-order chi connectivity index (χ1) is 8.70. The molecule has 0 aliphatic heterocycles. The van der Waals surface area contributed by atoms with Crippen LogP contribution in [-0.4, -0.2) is 16.8 Å². The SMILES string of the molecule is CNC1CC(C)(C)Cc2nc(CSC(C)(C)C)sc21. The van der Waals surface area contributed by atoms with E-state index in [9.17, 15) is 0 Å². The number of nitrogens with zero attached hydrogens (tertiary/aromatic N) is 1. The third-order valence-corrected chi connectivity index (χ3v) is 6.15. The summed E-state index contributed by atoms with van der Waals surface area (Å²) < 4.78 is 0.313. The first-order valence-corrected chi connectivity index (χ1v) is 8.80. The number of hydrogen-bond acceptors (Lipinski definition) is 4. The van der Waals surface area contributed by atoms with E-state index in [0.717, 1.165) is 12.2 Å². The molecule has 0 fully saturated rings. The largest absolute Gasteiger partial charge is 0.312 e. The maximum Gasteiger partial charge on any atom is 0.103 e. The van der Waals surface area contributed by atoms with Crippen molar-refractivity contribution >= 4 is 23.1 Å². The Kier molecular flexibility index (Phi) is 4.34. The fraction of sp³-hybridized carbons (Fsp3) is 0.800. The molecule has 0 bridgehead atoms. The van der Waals surface area contributed by atoms with Crippen LogP contribution in [0.3, 0.4) is 0 Å². The number of thioether (sulfide) groups is 1. The topological polar surface area (TPSA) is 24.9 Å². The lowest BCUT2D eigenvalue weighted by Gasteiger charge is -2.34. The fourth-order valence-corrected chi connectivity index (χ4v) is 4.58. The van der Waals surface area contributed by atoms with Gasteiger partial charge in [0.15, 0.2) is 0 Å². The van der Waals surface area contributed by atoms with Gasteiger partial charge in [-0.3, -0.25) is 0 Å². The predicted octanol–water partition coefficient (Wildman–Crippen LogP) is 4.41. The summed E-state index contributed by atoms with van der Waals surface area (Å²) in [4.78, 5) is 6.38. The highest BCUT2D eigenvalue weighted by Gasteiger charge is 2.34. The Labute approximate surface area is 125 Å². The van der Waals surface area contributed by atoms with E-state index in [1.165, 1.54) is 22.0 Å². The van der Waals surface area contributed by atoms with Gasteiger partial charge < -0.3 is 5.32 Å². The Morgan fingerprint density at radius 3 is 2.68 bits per heavy atom. The van der Waals surface area contributed by atoms with Crippen LogP contribution in [0.25, 0.3) is 0 Å². The average Bonchev–Trinajstić information content (AvgIpc) is 2.65. The normalized spacial score (nSPS) is 22.3. The molecule has 1 aromatic heterocycles. The second kappa shape index (κ2) is 5.38. The summed E-state index contributed by atoms with van der Waals surface area (Å²) >= 11 is 3.90. The second-order valence-corrected chi connectivity index (χ2v) is 10.1. The maximum absolute atomic E-state index is 4.91. The molecule has 1 atom stereocenters. The highest BCUT2D eigenvalue weighted by atomic mass is 32.2. The van der Waals surface area contributed by atoms with Gasteiger partial charge in [0.05, 0.1) is 5.69 Å². The van der Waals surface area contributed by atoms with Crippen molar-refractivity contribution in [3.05, 3.63) is 15.6 Å². The third kappa shape index (κ3) is 3.96. The number of aromatic nitrogens is 1. The van der Waals surface area contributed by atoms with Crippen LogP contribution in [0.2, 0.25) is 0 Å². The zero-order chi connectivity index (χ0) is 14.3. The van der Waals surface area contributed by atoms with Crippen molar-refractivity contribution in [3.63, 3.8) is 0 Å². The van der Waals surface area contributed by atoms with Crippen LogP contribution in [-0.2, 0) is 12.2 Å². The molecule has 0 aromatic carbocycles. The molecule has 1 aromatic rings. The predicted molar refractivity (Wildman–Crippen MR) is 87.1 cm³/mol. The quantitative estimate of drug-likeness (QED) is 0.895. The van der Waals surface area contributed by atoms with Crippen molar-refractivity contribution in [2.45, 2.75) is 64.0 Å². The molecule has 0 saturated heterocycles. The molecule has 0 spiro atoms. The molecule has 4 heteroatoms. The van der Waals surface area contributed by atoms with Gasteiger partial charge >= 0.3 is 0 Å². The Bertz CT molecular complexity index is 443. The number of hydrogen-bond donors (Lipinski definition) is 1. The number of thiazole rings is 1. The zero-order valence-electron chi connectivity index (χ0n) is 13.0. The van der Waals surface area contributed by atoms with E-state index in [-0.39, 0.29) is 0 Å². The summed E-state index contributed by atoms with van der Waals surface area (Å²) in [5, 5.41) is 4.76. The van der Waals surface area contributed by atoms with Gasteiger partial charge in [-0.25, -0.2) is 4.98 Å². The van der Waals surface area contributed by atoms with E-state index in [0.29, 0.717) is 16.2 Å². The minimum absolute atomic E-state index is 0.313. The summed E-state index contributed by atoms with van der Waals surface area (Å²) in [6, 6.07) is 0.490. The highest BCUT2D eigenvalue weighted by molar-refractivity contribution is 7.99. The molecule has 19 heavy (non-hydrogen) atoms. The van der Waals surface area contributed by atoms with Gasteiger partial charge in [-0.05, 0) is 25.3 Å². The maximum atomic E-state index is 4.91. The molecule has 1 unspecified atom stereocenters. The summed E-state index contributed by atoms with van der Waals surface area (Å²) in [6.45, 7) is 11.5.